The van der Waals surface area contributed by atoms with E-state index >= 15 is 0 Å². The number of rotatable bonds is 3. The van der Waals surface area contributed by atoms with Gasteiger partial charge in [0.2, 0.25) is 5.69 Å². The maximum atomic E-state index is 12.1. The van der Waals surface area contributed by atoms with Crippen molar-refractivity contribution in [1.29, 1.82) is 5.26 Å². The Morgan fingerprint density at radius 2 is 2.04 bits per heavy atom. The predicted molar refractivity (Wildman–Crippen MR) is 84.7 cm³/mol. The topological polar surface area (TPSA) is 92.5 Å². The molecule has 0 amide bonds. The SMILES string of the molecule is CC(C)(C)ON=C(c1cc(C#N)ccc1O)c1cccc[n+]1[O-]. The molecule has 0 aliphatic rings. The van der Waals surface area contributed by atoms with Gasteiger partial charge in [-0.2, -0.15) is 9.99 Å². The molecular weight excluding hydrogens is 294 g/mol. The van der Waals surface area contributed by atoms with Crippen LogP contribution < -0.4 is 4.73 Å². The van der Waals surface area contributed by atoms with Gasteiger partial charge in [-0.25, -0.2) is 0 Å². The van der Waals surface area contributed by atoms with Crippen LogP contribution >= 0.6 is 0 Å². The second-order valence-electron chi connectivity index (χ2n) is 5.90. The average molecular weight is 311 g/mol. The summed E-state index contributed by atoms with van der Waals surface area (Å²) in [6.07, 6.45) is 1.33. The zero-order valence-corrected chi connectivity index (χ0v) is 13.1. The number of nitrogens with zero attached hydrogens (tertiary/aromatic N) is 3. The maximum absolute atomic E-state index is 12.1. The van der Waals surface area contributed by atoms with Crippen LogP contribution in [0.3, 0.4) is 0 Å². The van der Waals surface area contributed by atoms with E-state index in [1.807, 2.05) is 26.8 Å². The van der Waals surface area contributed by atoms with E-state index in [0.717, 1.165) is 0 Å². The van der Waals surface area contributed by atoms with Crippen LogP contribution in [-0.2, 0) is 4.84 Å². The summed E-state index contributed by atoms with van der Waals surface area (Å²) in [5.74, 6) is -0.0934. The van der Waals surface area contributed by atoms with Gasteiger partial charge in [0.1, 0.15) is 11.4 Å². The molecule has 0 saturated heterocycles. The average Bonchev–Trinajstić information content (AvgIpc) is 2.49. The minimum atomic E-state index is -0.573. The Kier molecular flexibility index (Phi) is 4.51. The molecule has 0 spiro atoms. The normalized spacial score (nSPS) is 11.8. The second kappa shape index (κ2) is 6.36. The molecule has 0 radical (unpaired) electrons. The molecule has 0 unspecified atom stereocenters. The highest BCUT2D eigenvalue weighted by Gasteiger charge is 2.22. The maximum Gasteiger partial charge on any atom is 0.246 e. The van der Waals surface area contributed by atoms with Crippen molar-refractivity contribution in [1.82, 2.24) is 0 Å². The standard InChI is InChI=1S/C17H17N3O3/c1-17(2,3)23-19-16(14-6-4-5-9-20(14)22)13-10-12(11-18)7-8-15(13)21/h4-10,21H,1-3H3. The van der Waals surface area contributed by atoms with Crippen LogP contribution in [0.4, 0.5) is 0 Å². The van der Waals surface area contributed by atoms with Gasteiger partial charge >= 0.3 is 0 Å². The van der Waals surface area contributed by atoms with Crippen LogP contribution in [0.5, 0.6) is 5.75 Å². The van der Waals surface area contributed by atoms with Crippen LogP contribution in [0.15, 0.2) is 47.8 Å². The number of pyridine rings is 1. The lowest BCUT2D eigenvalue weighted by Crippen LogP contribution is -2.34. The smallest absolute Gasteiger partial charge is 0.246 e. The van der Waals surface area contributed by atoms with Crippen LogP contribution in [-0.4, -0.2) is 16.4 Å². The summed E-state index contributed by atoms with van der Waals surface area (Å²) in [5, 5.41) is 35.3. The van der Waals surface area contributed by atoms with Gasteiger partial charge in [0.25, 0.3) is 0 Å². The van der Waals surface area contributed by atoms with Gasteiger partial charge in [0, 0.05) is 12.1 Å². The number of phenolic OH excluding ortho intramolecular Hbond substituents is 1. The first-order valence-corrected chi connectivity index (χ1v) is 7.00. The molecule has 0 aliphatic carbocycles. The molecular formula is C17H17N3O3. The third kappa shape index (κ3) is 3.98. The fourth-order valence-electron chi connectivity index (χ4n) is 1.82. The van der Waals surface area contributed by atoms with Crippen molar-refractivity contribution < 1.29 is 14.7 Å². The van der Waals surface area contributed by atoms with Gasteiger partial charge in [0.05, 0.1) is 17.2 Å². The molecule has 0 bridgehead atoms. The quantitative estimate of drug-likeness (QED) is 0.408. The minimum Gasteiger partial charge on any atom is -0.618 e. The van der Waals surface area contributed by atoms with Gasteiger partial charge in [0.15, 0.2) is 11.9 Å². The largest absolute Gasteiger partial charge is 0.618 e. The van der Waals surface area contributed by atoms with Crippen LogP contribution in [0.2, 0.25) is 0 Å². The van der Waals surface area contributed by atoms with Crippen molar-refractivity contribution in [2.75, 3.05) is 0 Å². The Morgan fingerprint density at radius 1 is 1.30 bits per heavy atom. The van der Waals surface area contributed by atoms with E-state index in [4.69, 9.17) is 10.1 Å². The van der Waals surface area contributed by atoms with E-state index in [0.29, 0.717) is 10.3 Å². The molecule has 0 atom stereocenters. The van der Waals surface area contributed by atoms with Crippen molar-refractivity contribution in [2.45, 2.75) is 26.4 Å². The van der Waals surface area contributed by atoms with Gasteiger partial charge in [-0.3, -0.25) is 0 Å². The molecule has 2 aromatic rings. The fraction of sp³-hybridized carbons (Fsp3) is 0.235. The number of aromatic nitrogens is 1. The summed E-state index contributed by atoms with van der Waals surface area (Å²) in [6, 6.07) is 11.2. The van der Waals surface area contributed by atoms with Crippen molar-refractivity contribution in [3.8, 4) is 11.8 Å². The van der Waals surface area contributed by atoms with Crippen molar-refractivity contribution in [3.05, 3.63) is 64.6 Å². The Morgan fingerprint density at radius 3 is 2.65 bits per heavy atom. The number of benzene rings is 1. The molecule has 23 heavy (non-hydrogen) atoms. The van der Waals surface area contributed by atoms with E-state index in [9.17, 15) is 10.3 Å². The van der Waals surface area contributed by atoms with E-state index < -0.39 is 5.60 Å². The Bertz CT molecular complexity index is 786. The highest BCUT2D eigenvalue weighted by atomic mass is 16.6. The van der Waals surface area contributed by atoms with E-state index in [1.54, 1.807) is 18.2 Å². The van der Waals surface area contributed by atoms with Gasteiger partial charge in [-0.1, -0.05) is 5.16 Å². The number of hydrogen-bond donors (Lipinski definition) is 1. The fourth-order valence-corrected chi connectivity index (χ4v) is 1.82. The lowest BCUT2D eigenvalue weighted by atomic mass is 10.0. The summed E-state index contributed by atoms with van der Waals surface area (Å²) < 4.78 is 0.628. The molecule has 1 aromatic carbocycles. The predicted octanol–water partition coefficient (Wildman–Crippen LogP) is 2.46. The summed E-state index contributed by atoms with van der Waals surface area (Å²) in [5.41, 5.74) is 0.391. The summed E-state index contributed by atoms with van der Waals surface area (Å²) in [6.45, 7) is 5.45. The van der Waals surface area contributed by atoms with Crippen LogP contribution in [0, 0.1) is 16.5 Å². The Hall–Kier alpha value is -3.07. The minimum absolute atomic E-state index is 0.0934. The molecule has 1 aromatic heterocycles. The molecule has 0 saturated carbocycles. The zero-order chi connectivity index (χ0) is 17.0. The highest BCUT2D eigenvalue weighted by molar-refractivity contribution is 6.12. The molecule has 0 fully saturated rings. The summed E-state index contributed by atoms with van der Waals surface area (Å²) >= 11 is 0. The highest BCUT2D eigenvalue weighted by Crippen LogP contribution is 2.22. The van der Waals surface area contributed by atoms with Crippen molar-refractivity contribution in [2.24, 2.45) is 5.16 Å². The molecule has 1 heterocycles. The molecule has 6 heteroatoms. The molecule has 0 aliphatic heterocycles. The Balaban J connectivity index is 2.64. The van der Waals surface area contributed by atoms with Crippen LogP contribution in [0.25, 0.3) is 0 Å². The molecule has 1 N–H and O–H groups in total. The first kappa shape index (κ1) is 16.3. The van der Waals surface area contributed by atoms with Crippen molar-refractivity contribution in [3.63, 3.8) is 0 Å². The molecule has 6 nitrogen and oxygen atoms in total. The van der Waals surface area contributed by atoms with Crippen molar-refractivity contribution >= 4 is 5.71 Å². The van der Waals surface area contributed by atoms with Gasteiger partial charge < -0.3 is 15.2 Å². The summed E-state index contributed by atoms with van der Waals surface area (Å²) in [4.78, 5) is 5.43. The van der Waals surface area contributed by atoms with E-state index in [2.05, 4.69) is 5.16 Å². The Labute approximate surface area is 134 Å². The molecule has 118 valence electrons. The molecule has 2 rings (SSSR count). The lowest BCUT2D eigenvalue weighted by Gasteiger charge is -2.17. The summed E-state index contributed by atoms with van der Waals surface area (Å²) in [7, 11) is 0. The second-order valence-corrected chi connectivity index (χ2v) is 5.90. The number of phenols is 1. The third-order valence-corrected chi connectivity index (χ3v) is 2.86. The lowest BCUT2D eigenvalue weighted by molar-refractivity contribution is -0.606. The number of aromatic hydroxyl groups is 1. The third-order valence-electron chi connectivity index (χ3n) is 2.86. The van der Waals surface area contributed by atoms with Gasteiger partial charge in [-0.05, 0) is 45.0 Å². The van der Waals surface area contributed by atoms with Crippen LogP contribution in [0.1, 0.15) is 37.6 Å². The number of nitriles is 1. The number of hydrogen-bond acceptors (Lipinski definition) is 5. The zero-order valence-electron chi connectivity index (χ0n) is 13.1. The van der Waals surface area contributed by atoms with Gasteiger partial charge in [-0.15, -0.1) is 0 Å². The van der Waals surface area contributed by atoms with E-state index in [-0.39, 0.29) is 22.7 Å². The van der Waals surface area contributed by atoms with E-state index in [1.165, 1.54) is 24.4 Å². The first-order valence-electron chi connectivity index (χ1n) is 7.00. The first-order chi connectivity index (χ1) is 10.8. The number of oxime groups is 1. The monoisotopic (exact) mass is 311 g/mol.